The second-order valence-electron chi connectivity index (χ2n) is 2.27. The Morgan fingerprint density at radius 1 is 1.08 bits per heavy atom. The summed E-state index contributed by atoms with van der Waals surface area (Å²) >= 11 is 2.29. The van der Waals surface area contributed by atoms with E-state index < -0.39 is 0 Å². The largest absolute Gasteiger partial charge is 0.381 e. The van der Waals surface area contributed by atoms with Crippen molar-refractivity contribution >= 4 is 22.6 Å². The van der Waals surface area contributed by atoms with Crippen molar-refractivity contribution in [2.75, 3.05) is 30.9 Å². The predicted octanol–water partition coefficient (Wildman–Crippen LogP) is 1.87. The van der Waals surface area contributed by atoms with Crippen LogP contribution in [0.15, 0.2) is 0 Å². The van der Waals surface area contributed by atoms with Crippen molar-refractivity contribution in [1.82, 2.24) is 0 Å². The first-order valence-corrected chi connectivity index (χ1v) is 5.59. The van der Waals surface area contributed by atoms with Gasteiger partial charge in [0.2, 0.25) is 0 Å². The molecule has 0 heterocycles. The third-order valence-electron chi connectivity index (χ3n) is 1.23. The summed E-state index contributed by atoms with van der Waals surface area (Å²) < 4.78 is 11.4. The fourth-order valence-electron chi connectivity index (χ4n) is 0.696. The van der Waals surface area contributed by atoms with Gasteiger partial charge in [0.05, 0.1) is 6.61 Å². The van der Waals surface area contributed by atoms with Crippen LogP contribution in [0.2, 0.25) is 0 Å². The van der Waals surface area contributed by atoms with E-state index in [-0.39, 0.29) is 0 Å². The van der Waals surface area contributed by atoms with Gasteiger partial charge in [-0.25, -0.2) is 0 Å². The van der Waals surface area contributed by atoms with Gasteiger partial charge in [-0.2, -0.15) is 0 Å². The highest BCUT2D eigenvalue weighted by atomic mass is 127. The molecule has 0 atom stereocenters. The molecule has 0 aliphatic heterocycles. The minimum absolute atomic E-state index is 0.425. The summed E-state index contributed by atoms with van der Waals surface area (Å²) in [5, 5.41) is 0. The first kappa shape index (κ1) is 12.2. The lowest BCUT2D eigenvalue weighted by Crippen LogP contribution is -2.00. The molecule has 0 unspecified atom stereocenters. The Morgan fingerprint density at radius 2 is 1.75 bits per heavy atom. The fourth-order valence-corrected chi connectivity index (χ4v) is 1.01. The quantitative estimate of drug-likeness (QED) is 0.293. The van der Waals surface area contributed by atoms with Crippen LogP contribution < -0.4 is 0 Å². The zero-order valence-electron chi connectivity index (χ0n) is 7.22. The molecule has 2 nitrogen and oxygen atoms in total. The maximum absolute atomic E-state index is 5.29. The summed E-state index contributed by atoms with van der Waals surface area (Å²) in [6.45, 7) is 2.86. The summed E-state index contributed by atoms with van der Waals surface area (Å²) in [5.41, 5.74) is 0. The van der Waals surface area contributed by atoms with E-state index in [2.05, 4.69) is 28.5 Å². The molecular weight excluding hydrogens is 267 g/mol. The molecule has 0 rings (SSSR count). The molecule has 0 radical (unpaired) electrons. The smallest absolute Gasteiger partial charge is 0.107 e. The second kappa shape index (κ2) is 11.2. The number of hydrogen-bond donors (Lipinski definition) is 0. The van der Waals surface area contributed by atoms with Crippen LogP contribution in [0.5, 0.6) is 0 Å². The Labute approximate surface area is 88.1 Å². The van der Waals surface area contributed by atoms with E-state index in [1.165, 1.54) is 0 Å². The van der Waals surface area contributed by atoms with E-state index in [1.807, 2.05) is 0 Å². The molecule has 0 aromatic carbocycles. The third-order valence-corrected chi connectivity index (χ3v) is 1.67. The maximum Gasteiger partial charge on any atom is 0.107 e. The van der Waals surface area contributed by atoms with Crippen LogP contribution in [0.3, 0.4) is 0 Å². The fraction of sp³-hybridized carbons (Fsp3) is 0.778. The lowest BCUT2D eigenvalue weighted by atomic mass is 10.3. The van der Waals surface area contributed by atoms with Crippen LogP contribution >= 0.6 is 22.6 Å². The number of rotatable bonds is 8. The topological polar surface area (TPSA) is 18.5 Å². The van der Waals surface area contributed by atoms with Crippen LogP contribution in [0.4, 0.5) is 0 Å². The Bertz CT molecular complexity index is 120. The van der Waals surface area contributed by atoms with Crippen LogP contribution in [-0.2, 0) is 9.47 Å². The van der Waals surface area contributed by atoms with Gasteiger partial charge in [0, 0.05) is 17.6 Å². The molecule has 12 heavy (non-hydrogen) atoms. The average Bonchev–Trinajstić information content (AvgIpc) is 2.10. The van der Waals surface area contributed by atoms with Crippen LogP contribution in [0, 0.1) is 12.3 Å². The molecule has 0 aliphatic carbocycles. The normalized spacial score (nSPS) is 9.67. The molecule has 0 bridgehead atoms. The van der Waals surface area contributed by atoms with Gasteiger partial charge in [0.15, 0.2) is 0 Å². The second-order valence-corrected chi connectivity index (χ2v) is 3.34. The molecule has 0 fully saturated rings. The van der Waals surface area contributed by atoms with Crippen LogP contribution in [-0.4, -0.2) is 30.9 Å². The minimum Gasteiger partial charge on any atom is -0.381 e. The lowest BCUT2D eigenvalue weighted by Gasteiger charge is -2.01. The SMILES string of the molecule is C#CCOCCCCOCCI. The van der Waals surface area contributed by atoms with Gasteiger partial charge in [-0.15, -0.1) is 6.42 Å². The van der Waals surface area contributed by atoms with E-state index >= 15 is 0 Å². The Morgan fingerprint density at radius 3 is 2.33 bits per heavy atom. The van der Waals surface area contributed by atoms with Crippen molar-refractivity contribution in [1.29, 1.82) is 0 Å². The van der Waals surface area contributed by atoms with Crippen molar-refractivity contribution in [2.24, 2.45) is 0 Å². The highest BCUT2D eigenvalue weighted by Gasteiger charge is 1.89. The van der Waals surface area contributed by atoms with E-state index in [9.17, 15) is 0 Å². The minimum atomic E-state index is 0.425. The molecule has 0 saturated carbocycles. The van der Waals surface area contributed by atoms with Crippen LogP contribution in [0.25, 0.3) is 0 Å². The van der Waals surface area contributed by atoms with Crippen molar-refractivity contribution in [3.05, 3.63) is 0 Å². The first-order chi connectivity index (χ1) is 5.91. The third kappa shape index (κ3) is 10.2. The summed E-state index contributed by atoms with van der Waals surface area (Å²) in [4.78, 5) is 0. The molecule has 70 valence electrons. The number of terminal acetylenes is 1. The van der Waals surface area contributed by atoms with E-state index in [1.54, 1.807) is 0 Å². The van der Waals surface area contributed by atoms with E-state index in [0.29, 0.717) is 6.61 Å². The van der Waals surface area contributed by atoms with E-state index in [0.717, 1.165) is 37.1 Å². The Kier molecular flexibility index (Phi) is 11.4. The van der Waals surface area contributed by atoms with Crippen molar-refractivity contribution in [3.63, 3.8) is 0 Å². The molecule has 0 N–H and O–H groups in total. The molecule has 0 aromatic heterocycles. The highest BCUT2D eigenvalue weighted by molar-refractivity contribution is 14.1. The van der Waals surface area contributed by atoms with Gasteiger partial charge in [0.1, 0.15) is 6.61 Å². The lowest BCUT2D eigenvalue weighted by molar-refractivity contribution is 0.124. The number of alkyl halides is 1. The summed E-state index contributed by atoms with van der Waals surface area (Å²) in [6.07, 6.45) is 7.10. The molecule has 0 aliphatic rings. The van der Waals surface area contributed by atoms with Crippen LogP contribution in [0.1, 0.15) is 12.8 Å². The van der Waals surface area contributed by atoms with Gasteiger partial charge in [-0.05, 0) is 12.8 Å². The zero-order valence-corrected chi connectivity index (χ0v) is 9.38. The van der Waals surface area contributed by atoms with Crippen molar-refractivity contribution in [2.45, 2.75) is 12.8 Å². The number of hydrogen-bond acceptors (Lipinski definition) is 2. The monoisotopic (exact) mass is 282 g/mol. The summed E-state index contributed by atoms with van der Waals surface area (Å²) in [7, 11) is 0. The highest BCUT2D eigenvalue weighted by Crippen LogP contribution is 1.92. The van der Waals surface area contributed by atoms with Gasteiger partial charge in [-0.3, -0.25) is 0 Å². The maximum atomic E-state index is 5.29. The molecular formula is C9H15IO2. The van der Waals surface area contributed by atoms with Gasteiger partial charge >= 0.3 is 0 Å². The molecule has 0 amide bonds. The van der Waals surface area contributed by atoms with E-state index in [4.69, 9.17) is 15.9 Å². The van der Waals surface area contributed by atoms with Gasteiger partial charge in [0.25, 0.3) is 0 Å². The standard InChI is InChI=1S/C9H15IO2/c1-2-6-11-7-3-4-8-12-9-5-10/h1H,3-9H2. The average molecular weight is 282 g/mol. The Hall–Kier alpha value is 0.210. The molecule has 0 aromatic rings. The zero-order chi connectivity index (χ0) is 9.07. The number of unbranched alkanes of at least 4 members (excludes halogenated alkanes) is 1. The molecule has 0 spiro atoms. The first-order valence-electron chi connectivity index (χ1n) is 4.06. The van der Waals surface area contributed by atoms with Gasteiger partial charge in [-0.1, -0.05) is 28.5 Å². The van der Waals surface area contributed by atoms with Crippen molar-refractivity contribution in [3.8, 4) is 12.3 Å². The summed E-state index contributed by atoms with van der Waals surface area (Å²) in [5.74, 6) is 2.42. The number of ether oxygens (including phenoxy) is 2. The Balaban J connectivity index is 2.78. The molecule has 3 heteroatoms. The number of halogens is 1. The van der Waals surface area contributed by atoms with Crippen molar-refractivity contribution < 1.29 is 9.47 Å². The summed E-state index contributed by atoms with van der Waals surface area (Å²) in [6, 6.07) is 0. The predicted molar refractivity (Wildman–Crippen MR) is 58.6 cm³/mol. The molecule has 0 saturated heterocycles. The van der Waals surface area contributed by atoms with Gasteiger partial charge < -0.3 is 9.47 Å².